The van der Waals surface area contributed by atoms with Crippen LogP contribution in [0.1, 0.15) is 105 Å². The van der Waals surface area contributed by atoms with Gasteiger partial charge in [-0.05, 0) is 49.4 Å². The van der Waals surface area contributed by atoms with Gasteiger partial charge in [-0.2, -0.15) is 0 Å². The predicted molar refractivity (Wildman–Crippen MR) is 186 cm³/mol. The minimum Gasteiger partial charge on any atom is -0.394 e. The predicted octanol–water partition coefficient (Wildman–Crippen LogP) is 1.90. The van der Waals surface area contributed by atoms with E-state index in [1.54, 1.807) is 0 Å². The molecule has 0 spiro atoms. The second kappa shape index (κ2) is 20.6. The number of carbonyl (C=O) groups excluding carboxylic acids is 2. The van der Waals surface area contributed by atoms with E-state index in [2.05, 4.69) is 27.7 Å². The van der Waals surface area contributed by atoms with E-state index in [4.69, 9.17) is 9.47 Å². The molecule has 0 aromatic carbocycles. The molecule has 288 valence electrons. The van der Waals surface area contributed by atoms with Gasteiger partial charge in [0, 0.05) is 24.0 Å². The third kappa shape index (κ3) is 10.3. The van der Waals surface area contributed by atoms with Gasteiger partial charge in [0.05, 0.1) is 13.2 Å². The highest BCUT2D eigenvalue weighted by Crippen LogP contribution is 2.39. The molecule has 4 aliphatic rings. The minimum absolute atomic E-state index is 0.0615. The van der Waals surface area contributed by atoms with Crippen LogP contribution in [0.15, 0.2) is 23.3 Å². The van der Waals surface area contributed by atoms with E-state index in [-0.39, 0.29) is 23.4 Å². The van der Waals surface area contributed by atoms with Crippen molar-refractivity contribution in [2.45, 2.75) is 166 Å². The maximum absolute atomic E-state index is 12.8. The van der Waals surface area contributed by atoms with Gasteiger partial charge in [0.25, 0.3) is 0 Å². The fourth-order valence-electron chi connectivity index (χ4n) is 8.03. The van der Waals surface area contributed by atoms with Crippen molar-refractivity contribution in [1.82, 2.24) is 0 Å². The maximum atomic E-state index is 12.8. The highest BCUT2D eigenvalue weighted by Gasteiger charge is 2.48. The molecular formula is C38H64O12. The Labute approximate surface area is 297 Å². The van der Waals surface area contributed by atoms with Crippen LogP contribution in [0.4, 0.5) is 0 Å². The summed E-state index contributed by atoms with van der Waals surface area (Å²) in [5.41, 5.74) is 0.751. The highest BCUT2D eigenvalue weighted by molar-refractivity contribution is 5.98. The summed E-state index contributed by atoms with van der Waals surface area (Å²) in [5, 5.41) is 79.1. The normalized spacial score (nSPS) is 39.4. The van der Waals surface area contributed by atoms with Gasteiger partial charge in [0.15, 0.2) is 11.6 Å². The lowest BCUT2D eigenvalue weighted by molar-refractivity contribution is -0.220. The molecule has 0 radical (unpaired) electrons. The third-order valence-electron chi connectivity index (χ3n) is 11.1. The molecule has 2 aliphatic carbocycles. The summed E-state index contributed by atoms with van der Waals surface area (Å²) in [6.07, 6.45) is 2.62. The van der Waals surface area contributed by atoms with E-state index in [1.165, 1.54) is 0 Å². The van der Waals surface area contributed by atoms with Crippen molar-refractivity contribution in [3.63, 3.8) is 0 Å². The van der Waals surface area contributed by atoms with Gasteiger partial charge < -0.3 is 50.3 Å². The molecule has 0 aromatic heterocycles. The second-order valence-corrected chi connectivity index (χ2v) is 14.7. The van der Waals surface area contributed by atoms with E-state index in [1.807, 2.05) is 12.2 Å². The van der Waals surface area contributed by atoms with E-state index in [0.29, 0.717) is 35.8 Å². The number of Topliss-reactive ketones (excluding diaryl/α,β-unsaturated/α-hetero) is 2. The number of unbranched alkanes of at least 4 members (excludes halogenated alkanes) is 3. The maximum Gasteiger partial charge on any atom is 0.161 e. The van der Waals surface area contributed by atoms with Gasteiger partial charge in [0.1, 0.15) is 61.0 Å². The summed E-state index contributed by atoms with van der Waals surface area (Å²) in [7, 11) is 0. The number of hydrogen-bond donors (Lipinski definition) is 8. The van der Waals surface area contributed by atoms with Gasteiger partial charge in [-0.3, -0.25) is 9.59 Å². The summed E-state index contributed by atoms with van der Waals surface area (Å²) in [4.78, 5) is 25.3. The quantitative estimate of drug-likeness (QED) is 0.121. The Morgan fingerprint density at radius 1 is 0.560 bits per heavy atom. The summed E-state index contributed by atoms with van der Waals surface area (Å²) >= 11 is 0. The van der Waals surface area contributed by atoms with Crippen molar-refractivity contribution in [1.29, 1.82) is 0 Å². The Morgan fingerprint density at radius 2 is 1.02 bits per heavy atom. The van der Waals surface area contributed by atoms with Gasteiger partial charge in [-0.1, -0.05) is 78.4 Å². The number of rotatable bonds is 14. The van der Waals surface area contributed by atoms with E-state index < -0.39 is 74.3 Å². The first-order valence-electron chi connectivity index (χ1n) is 19.0. The minimum atomic E-state index is -1.45. The lowest BCUT2D eigenvalue weighted by Gasteiger charge is -2.42. The van der Waals surface area contributed by atoms with Crippen LogP contribution in [-0.2, 0) is 19.1 Å². The van der Waals surface area contributed by atoms with Crippen LogP contribution in [0.2, 0.25) is 0 Å². The Kier molecular flexibility index (Phi) is 17.7. The van der Waals surface area contributed by atoms with Crippen LogP contribution < -0.4 is 0 Å². The zero-order valence-corrected chi connectivity index (χ0v) is 30.3. The highest BCUT2D eigenvalue weighted by atomic mass is 16.6. The monoisotopic (exact) mass is 712 g/mol. The van der Waals surface area contributed by atoms with Crippen molar-refractivity contribution in [3.8, 4) is 0 Å². The van der Waals surface area contributed by atoms with Crippen LogP contribution in [0.5, 0.6) is 0 Å². The van der Waals surface area contributed by atoms with Gasteiger partial charge in [-0.15, -0.1) is 0 Å². The standard InChI is InChI=1S/C21H36O6.C17H28O6/c1-3-5-7-9-14-11-16(23)15(10-13(14)8-6-4-2)21-20(26)19(25)18(24)17(12-22)27-21;1-3-5-10-7-12(19)11(6-9(10)4-2)17-16(22)15(21)14(20)13(8-18)23-17/h10,13-14,17-22,24-26H,3-9,11-12H2,1-2H3;6,9-10,13-18,20-22H,3-5,7-8H2,1-2H3. The van der Waals surface area contributed by atoms with Crippen molar-refractivity contribution in [3.05, 3.63) is 23.3 Å². The van der Waals surface area contributed by atoms with Gasteiger partial charge in [0.2, 0.25) is 0 Å². The molecule has 2 heterocycles. The Bertz CT molecular complexity index is 1120. The lowest BCUT2D eigenvalue weighted by atomic mass is 9.73. The first-order chi connectivity index (χ1) is 23.9. The number of carbonyl (C=O) groups is 2. The fraction of sp³-hybridized carbons (Fsp3) is 0.842. The van der Waals surface area contributed by atoms with Gasteiger partial charge in [-0.25, -0.2) is 0 Å². The molecular weight excluding hydrogens is 648 g/mol. The smallest absolute Gasteiger partial charge is 0.161 e. The fourth-order valence-corrected chi connectivity index (χ4v) is 8.03. The molecule has 0 amide bonds. The van der Waals surface area contributed by atoms with Gasteiger partial charge >= 0.3 is 0 Å². The molecule has 2 fully saturated rings. The molecule has 14 unspecified atom stereocenters. The van der Waals surface area contributed by atoms with Crippen LogP contribution >= 0.6 is 0 Å². The average molecular weight is 713 g/mol. The van der Waals surface area contributed by atoms with Crippen molar-refractivity contribution in [2.24, 2.45) is 23.7 Å². The molecule has 2 aliphatic heterocycles. The number of ketones is 2. The SMILES string of the molecule is CCCC1CC(=O)C(C2OC(CO)C(O)C(O)C2O)=CC1CC.CCCCCC1CC(=O)C(C2OC(CO)C(O)C(O)C2O)=CC1CCCC. The largest absolute Gasteiger partial charge is 0.394 e. The molecule has 14 atom stereocenters. The van der Waals surface area contributed by atoms with E-state index in [9.17, 15) is 50.4 Å². The summed E-state index contributed by atoms with van der Waals surface area (Å²) in [5.74, 6) is 0.943. The Morgan fingerprint density at radius 3 is 1.44 bits per heavy atom. The molecule has 0 saturated carbocycles. The third-order valence-corrected chi connectivity index (χ3v) is 11.1. The average Bonchev–Trinajstić information content (AvgIpc) is 3.10. The molecule has 50 heavy (non-hydrogen) atoms. The molecule has 0 aromatic rings. The van der Waals surface area contributed by atoms with Crippen LogP contribution in [0, 0.1) is 23.7 Å². The Balaban J connectivity index is 0.000000274. The van der Waals surface area contributed by atoms with Crippen LogP contribution in [-0.4, -0.2) is 127 Å². The second-order valence-electron chi connectivity index (χ2n) is 14.7. The number of aliphatic hydroxyl groups is 8. The van der Waals surface area contributed by atoms with Crippen molar-refractivity contribution >= 4 is 11.6 Å². The molecule has 12 heteroatoms. The zero-order chi connectivity index (χ0) is 37.1. The number of hydrogen-bond acceptors (Lipinski definition) is 12. The van der Waals surface area contributed by atoms with E-state index in [0.717, 1.165) is 64.2 Å². The summed E-state index contributed by atoms with van der Waals surface area (Å²) in [6, 6.07) is 0. The summed E-state index contributed by atoms with van der Waals surface area (Å²) < 4.78 is 11.2. The molecule has 4 rings (SSSR count). The van der Waals surface area contributed by atoms with E-state index >= 15 is 0 Å². The lowest BCUT2D eigenvalue weighted by Crippen LogP contribution is -2.59. The molecule has 8 N–H and O–H groups in total. The first-order valence-corrected chi connectivity index (χ1v) is 19.0. The Hall–Kier alpha value is -1.58. The van der Waals surface area contributed by atoms with Crippen molar-refractivity contribution < 1.29 is 59.9 Å². The zero-order valence-electron chi connectivity index (χ0n) is 30.3. The van der Waals surface area contributed by atoms with Crippen LogP contribution in [0.3, 0.4) is 0 Å². The topological polar surface area (TPSA) is 214 Å². The van der Waals surface area contributed by atoms with Crippen LogP contribution in [0.25, 0.3) is 0 Å². The number of ether oxygens (including phenoxy) is 2. The number of aliphatic hydroxyl groups excluding tert-OH is 8. The number of allylic oxidation sites excluding steroid dienone is 2. The molecule has 0 bridgehead atoms. The van der Waals surface area contributed by atoms with Crippen molar-refractivity contribution in [2.75, 3.05) is 13.2 Å². The molecule has 2 saturated heterocycles. The molecule has 12 nitrogen and oxygen atoms in total. The first kappa shape index (κ1) is 42.8. The summed E-state index contributed by atoms with van der Waals surface area (Å²) in [6.45, 7) is 7.49.